The van der Waals surface area contributed by atoms with E-state index >= 15 is 0 Å². The molecular formula is C22H26O4. The maximum absolute atomic E-state index is 11.7. The van der Waals surface area contributed by atoms with Gasteiger partial charge in [0.25, 0.3) is 0 Å². The molecule has 0 aliphatic heterocycles. The molecule has 0 radical (unpaired) electrons. The number of benzene rings is 2. The number of carbonyl (C=O) groups excluding carboxylic acids is 1. The summed E-state index contributed by atoms with van der Waals surface area (Å²) in [5, 5.41) is 8.69. The summed E-state index contributed by atoms with van der Waals surface area (Å²) in [6.45, 7) is 2.95. The number of ketones is 1. The predicted molar refractivity (Wildman–Crippen MR) is 103 cm³/mol. The van der Waals surface area contributed by atoms with Crippen molar-refractivity contribution >= 4 is 11.8 Å². The number of hydrogen-bond donors (Lipinski definition) is 1. The van der Waals surface area contributed by atoms with E-state index in [4.69, 9.17) is 9.84 Å². The molecule has 0 aromatic heterocycles. The molecule has 26 heavy (non-hydrogen) atoms. The molecule has 2 aromatic carbocycles. The van der Waals surface area contributed by atoms with Gasteiger partial charge in [0.05, 0.1) is 6.61 Å². The van der Waals surface area contributed by atoms with Crippen molar-refractivity contribution in [1.29, 1.82) is 0 Å². The number of carboxylic acid groups (broad SMARTS) is 1. The molecule has 4 heteroatoms. The lowest BCUT2D eigenvalue weighted by molar-refractivity contribution is -0.135. The predicted octanol–water partition coefficient (Wildman–Crippen LogP) is 5.36. The fraction of sp³-hybridized carbons (Fsp3) is 0.364. The van der Waals surface area contributed by atoms with E-state index in [-0.39, 0.29) is 5.78 Å². The van der Waals surface area contributed by atoms with Gasteiger partial charge in [-0.2, -0.15) is 0 Å². The van der Waals surface area contributed by atoms with Crippen molar-refractivity contribution in [3.8, 4) is 16.9 Å². The average Bonchev–Trinajstić information content (AvgIpc) is 2.65. The zero-order chi connectivity index (χ0) is 18.8. The number of carbonyl (C=O) groups is 2. The molecule has 1 N–H and O–H groups in total. The maximum atomic E-state index is 11.7. The summed E-state index contributed by atoms with van der Waals surface area (Å²) >= 11 is 0. The fourth-order valence-electron chi connectivity index (χ4n) is 2.73. The monoisotopic (exact) mass is 354 g/mol. The van der Waals surface area contributed by atoms with Gasteiger partial charge in [0.1, 0.15) is 12.2 Å². The van der Waals surface area contributed by atoms with Gasteiger partial charge in [0, 0.05) is 5.56 Å². The van der Waals surface area contributed by atoms with Crippen LogP contribution in [0.15, 0.2) is 48.5 Å². The lowest BCUT2D eigenvalue weighted by Crippen LogP contribution is -2.06. The van der Waals surface area contributed by atoms with E-state index < -0.39 is 12.4 Å². The van der Waals surface area contributed by atoms with Crippen LogP contribution in [0.1, 0.15) is 55.8 Å². The summed E-state index contributed by atoms with van der Waals surface area (Å²) in [5.74, 6) is -0.635. The van der Waals surface area contributed by atoms with Gasteiger partial charge < -0.3 is 9.84 Å². The minimum absolute atomic E-state index is 0.383. The van der Waals surface area contributed by atoms with Gasteiger partial charge in [-0.3, -0.25) is 9.59 Å². The van der Waals surface area contributed by atoms with Crippen LogP contribution < -0.4 is 4.74 Å². The van der Waals surface area contributed by atoms with E-state index in [1.165, 1.54) is 25.7 Å². The number of carboxylic acids is 1. The van der Waals surface area contributed by atoms with Crippen molar-refractivity contribution in [3.63, 3.8) is 0 Å². The van der Waals surface area contributed by atoms with E-state index in [9.17, 15) is 9.59 Å². The molecule has 4 nitrogen and oxygen atoms in total. The third kappa shape index (κ3) is 6.36. The molecule has 0 bridgehead atoms. The molecule has 0 unspecified atom stereocenters. The highest BCUT2D eigenvalue weighted by molar-refractivity contribution is 6.05. The van der Waals surface area contributed by atoms with Gasteiger partial charge in [0.2, 0.25) is 0 Å². The molecule has 2 rings (SSSR count). The van der Waals surface area contributed by atoms with Gasteiger partial charge in [-0.1, -0.05) is 69.0 Å². The third-order valence-corrected chi connectivity index (χ3v) is 4.22. The highest BCUT2D eigenvalue weighted by Gasteiger charge is 2.10. The fourth-order valence-corrected chi connectivity index (χ4v) is 2.73. The van der Waals surface area contributed by atoms with Crippen LogP contribution in [0.2, 0.25) is 0 Å². The van der Waals surface area contributed by atoms with Crippen LogP contribution in [0, 0.1) is 0 Å². The Morgan fingerprint density at radius 1 is 0.846 bits per heavy atom. The average molecular weight is 354 g/mol. The van der Waals surface area contributed by atoms with Crippen LogP contribution in [0.4, 0.5) is 0 Å². The zero-order valence-electron chi connectivity index (χ0n) is 15.2. The summed E-state index contributed by atoms with van der Waals surface area (Å²) in [4.78, 5) is 22.3. The molecule has 0 amide bonds. The van der Waals surface area contributed by atoms with E-state index in [2.05, 4.69) is 6.92 Å². The minimum Gasteiger partial charge on any atom is -0.494 e. The van der Waals surface area contributed by atoms with Gasteiger partial charge in [0.15, 0.2) is 5.78 Å². The lowest BCUT2D eigenvalue weighted by Gasteiger charge is -2.08. The number of rotatable bonds is 11. The first-order chi connectivity index (χ1) is 12.6. The summed E-state index contributed by atoms with van der Waals surface area (Å²) in [6, 6.07) is 14.9. The van der Waals surface area contributed by atoms with Crippen molar-refractivity contribution in [1.82, 2.24) is 0 Å². The first-order valence-electron chi connectivity index (χ1n) is 9.18. The van der Waals surface area contributed by atoms with E-state index in [1.54, 1.807) is 12.1 Å². The van der Waals surface area contributed by atoms with Gasteiger partial charge >= 0.3 is 5.97 Å². The first kappa shape index (κ1) is 19.7. The maximum Gasteiger partial charge on any atom is 0.311 e. The quantitative estimate of drug-likeness (QED) is 0.335. The van der Waals surface area contributed by atoms with E-state index in [1.807, 2.05) is 36.4 Å². The summed E-state index contributed by atoms with van der Waals surface area (Å²) < 4.78 is 5.76. The van der Waals surface area contributed by atoms with Crippen molar-refractivity contribution in [2.75, 3.05) is 6.61 Å². The molecule has 0 fully saturated rings. The molecule has 2 aromatic rings. The number of aliphatic carboxylic acids is 1. The molecule has 0 saturated heterocycles. The van der Waals surface area contributed by atoms with Crippen molar-refractivity contribution in [2.45, 2.75) is 45.4 Å². The Bertz CT molecular complexity index is 702. The molecule has 0 atom stereocenters. The standard InChI is InChI=1S/C22H26O4/c1-2-3-4-5-6-15-26-20-13-11-18(12-14-20)17-7-9-19(10-8-17)21(23)16-22(24)25/h7-14H,2-6,15-16H2,1H3,(H,24,25). The van der Waals surface area contributed by atoms with Crippen LogP contribution in [0.5, 0.6) is 5.75 Å². The molecule has 138 valence electrons. The van der Waals surface area contributed by atoms with Gasteiger partial charge in [-0.05, 0) is 29.7 Å². The Hall–Kier alpha value is -2.62. The summed E-state index contributed by atoms with van der Waals surface area (Å²) in [6.07, 6.45) is 5.60. The highest BCUT2D eigenvalue weighted by Crippen LogP contribution is 2.23. The molecule has 0 spiro atoms. The Labute approximate surface area is 154 Å². The number of hydrogen-bond acceptors (Lipinski definition) is 3. The van der Waals surface area contributed by atoms with E-state index in [0.29, 0.717) is 5.56 Å². The van der Waals surface area contributed by atoms with Crippen LogP contribution in [-0.4, -0.2) is 23.5 Å². The van der Waals surface area contributed by atoms with Gasteiger partial charge in [-0.25, -0.2) is 0 Å². The summed E-state index contributed by atoms with van der Waals surface area (Å²) in [7, 11) is 0. The smallest absolute Gasteiger partial charge is 0.311 e. The number of Topliss-reactive ketones (excluding diaryl/α,β-unsaturated/α-hetero) is 1. The molecule has 0 heterocycles. The molecule has 0 aliphatic carbocycles. The Balaban J connectivity index is 1.87. The molecule has 0 saturated carbocycles. The second kappa shape index (κ2) is 10.4. The second-order valence-electron chi connectivity index (χ2n) is 6.36. The highest BCUT2D eigenvalue weighted by atomic mass is 16.5. The number of ether oxygens (including phenoxy) is 1. The zero-order valence-corrected chi connectivity index (χ0v) is 15.2. The number of unbranched alkanes of at least 4 members (excludes halogenated alkanes) is 4. The second-order valence-corrected chi connectivity index (χ2v) is 6.36. The van der Waals surface area contributed by atoms with Crippen molar-refractivity contribution in [3.05, 3.63) is 54.1 Å². The first-order valence-corrected chi connectivity index (χ1v) is 9.18. The third-order valence-electron chi connectivity index (χ3n) is 4.22. The lowest BCUT2D eigenvalue weighted by atomic mass is 10.0. The van der Waals surface area contributed by atoms with Crippen LogP contribution in [-0.2, 0) is 4.79 Å². The van der Waals surface area contributed by atoms with Crippen LogP contribution >= 0.6 is 0 Å². The largest absolute Gasteiger partial charge is 0.494 e. The van der Waals surface area contributed by atoms with Crippen LogP contribution in [0.3, 0.4) is 0 Å². The van der Waals surface area contributed by atoms with Crippen molar-refractivity contribution < 1.29 is 19.4 Å². The van der Waals surface area contributed by atoms with Gasteiger partial charge in [-0.15, -0.1) is 0 Å². The van der Waals surface area contributed by atoms with Crippen LogP contribution in [0.25, 0.3) is 11.1 Å². The normalized spacial score (nSPS) is 10.5. The topological polar surface area (TPSA) is 63.6 Å². The van der Waals surface area contributed by atoms with Crippen molar-refractivity contribution in [2.24, 2.45) is 0 Å². The minimum atomic E-state index is -1.11. The molecule has 0 aliphatic rings. The Kier molecular flexibility index (Phi) is 7.87. The summed E-state index contributed by atoms with van der Waals surface area (Å²) in [5.41, 5.74) is 2.42. The van der Waals surface area contributed by atoms with E-state index in [0.717, 1.165) is 29.9 Å². The Morgan fingerprint density at radius 3 is 2.00 bits per heavy atom. The Morgan fingerprint density at radius 2 is 1.42 bits per heavy atom. The SMILES string of the molecule is CCCCCCCOc1ccc(-c2ccc(C(=O)CC(=O)O)cc2)cc1. The molecular weight excluding hydrogens is 328 g/mol.